The van der Waals surface area contributed by atoms with Crippen molar-refractivity contribution in [1.82, 2.24) is 5.32 Å². The Balaban J connectivity index is 1.58. The number of imide groups is 2. The van der Waals surface area contributed by atoms with E-state index in [4.69, 9.17) is 21.1 Å². The quantitative estimate of drug-likeness (QED) is 0.193. The molecule has 11 heteroatoms. The zero-order valence-corrected chi connectivity index (χ0v) is 25.0. The molecule has 9 nitrogen and oxygen atoms in total. The Morgan fingerprint density at radius 2 is 1.80 bits per heavy atom. The first-order valence-corrected chi connectivity index (χ1v) is 13.5. The summed E-state index contributed by atoms with van der Waals surface area (Å²) in [5.74, 6) is -1.35. The van der Waals surface area contributed by atoms with Crippen LogP contribution in [-0.4, -0.2) is 37.5 Å². The average Bonchev–Trinajstić information content (AvgIpc) is 2.90. The van der Waals surface area contributed by atoms with Crippen LogP contribution in [0.4, 0.5) is 16.2 Å². The second kappa shape index (κ2) is 12.1. The summed E-state index contributed by atoms with van der Waals surface area (Å²) in [5.41, 5.74) is 3.70. The normalized spacial score (nSPS) is 14.3. The number of barbiturate groups is 1. The molecule has 0 saturated carbocycles. The summed E-state index contributed by atoms with van der Waals surface area (Å²) in [6, 6.07) is 12.8. The number of hydrogen-bond donors (Lipinski definition) is 2. The van der Waals surface area contributed by atoms with Gasteiger partial charge in [0.2, 0.25) is 0 Å². The highest BCUT2D eigenvalue weighted by atomic mass is 127. The van der Waals surface area contributed by atoms with Crippen molar-refractivity contribution >= 4 is 75.4 Å². The number of carbonyl (C=O) groups excluding carboxylic acids is 4. The molecule has 0 aliphatic carbocycles. The lowest BCUT2D eigenvalue weighted by Crippen LogP contribution is -2.54. The molecule has 3 aromatic rings. The lowest BCUT2D eigenvalue weighted by Gasteiger charge is -2.27. The summed E-state index contributed by atoms with van der Waals surface area (Å²) in [6.07, 6.45) is 1.36. The minimum absolute atomic E-state index is 0.251. The van der Waals surface area contributed by atoms with Crippen LogP contribution in [0.1, 0.15) is 22.3 Å². The van der Waals surface area contributed by atoms with Crippen LogP contribution in [0.25, 0.3) is 6.08 Å². The molecular weight excluding hydrogens is 649 g/mol. The summed E-state index contributed by atoms with van der Waals surface area (Å²) in [6.45, 7) is 5.29. The number of halogens is 2. The summed E-state index contributed by atoms with van der Waals surface area (Å²) in [7, 11) is 1.44. The number of hydrogen-bond acceptors (Lipinski definition) is 6. The van der Waals surface area contributed by atoms with Crippen LogP contribution in [-0.2, 0) is 14.4 Å². The van der Waals surface area contributed by atoms with Crippen LogP contribution >= 0.6 is 34.2 Å². The van der Waals surface area contributed by atoms with Gasteiger partial charge >= 0.3 is 6.03 Å². The van der Waals surface area contributed by atoms with Gasteiger partial charge in [0.25, 0.3) is 17.7 Å². The lowest BCUT2D eigenvalue weighted by atomic mass is 10.1. The number of rotatable bonds is 7. The van der Waals surface area contributed by atoms with E-state index < -0.39 is 17.8 Å². The van der Waals surface area contributed by atoms with E-state index in [0.717, 1.165) is 16.0 Å². The molecule has 0 unspecified atom stereocenters. The van der Waals surface area contributed by atoms with Gasteiger partial charge in [-0.2, -0.15) is 0 Å². The van der Waals surface area contributed by atoms with Gasteiger partial charge in [-0.15, -0.1) is 0 Å². The van der Waals surface area contributed by atoms with Gasteiger partial charge in [0, 0.05) is 10.7 Å². The van der Waals surface area contributed by atoms with E-state index in [2.05, 4.69) is 10.6 Å². The second-order valence-corrected chi connectivity index (χ2v) is 10.5. The minimum Gasteiger partial charge on any atom is -0.493 e. The van der Waals surface area contributed by atoms with Crippen LogP contribution in [0.3, 0.4) is 0 Å². The molecule has 1 aliphatic heterocycles. The number of nitrogens with one attached hydrogen (secondary N) is 2. The predicted molar refractivity (Wildman–Crippen MR) is 161 cm³/mol. The van der Waals surface area contributed by atoms with Gasteiger partial charge in [-0.05, 0) is 102 Å². The third-order valence-corrected chi connectivity index (χ3v) is 7.58. The Hall–Kier alpha value is -3.90. The van der Waals surface area contributed by atoms with E-state index in [9.17, 15) is 19.2 Å². The van der Waals surface area contributed by atoms with Crippen molar-refractivity contribution in [2.45, 2.75) is 20.8 Å². The number of methoxy groups -OCH3 is 1. The summed E-state index contributed by atoms with van der Waals surface area (Å²) >= 11 is 8.20. The molecule has 1 aliphatic rings. The van der Waals surface area contributed by atoms with Crippen molar-refractivity contribution in [3.8, 4) is 11.5 Å². The molecule has 3 aromatic carbocycles. The number of amides is 5. The molecule has 0 spiro atoms. The van der Waals surface area contributed by atoms with Crippen molar-refractivity contribution in [2.75, 3.05) is 23.9 Å². The van der Waals surface area contributed by atoms with Crippen molar-refractivity contribution < 1.29 is 28.7 Å². The maximum absolute atomic E-state index is 13.3. The van der Waals surface area contributed by atoms with Crippen molar-refractivity contribution in [3.05, 3.63) is 85.0 Å². The molecule has 0 bridgehead atoms. The monoisotopic (exact) mass is 673 g/mol. The summed E-state index contributed by atoms with van der Waals surface area (Å²) in [4.78, 5) is 52.0. The molecule has 5 amide bonds. The zero-order chi connectivity index (χ0) is 29.1. The van der Waals surface area contributed by atoms with E-state index in [1.807, 2.05) is 54.6 Å². The molecule has 0 radical (unpaired) electrons. The molecule has 1 heterocycles. The van der Waals surface area contributed by atoms with Crippen LogP contribution in [0.15, 0.2) is 54.1 Å². The maximum Gasteiger partial charge on any atom is 0.335 e. The van der Waals surface area contributed by atoms with E-state index in [0.29, 0.717) is 36.9 Å². The van der Waals surface area contributed by atoms with Gasteiger partial charge in [-0.3, -0.25) is 19.7 Å². The van der Waals surface area contributed by atoms with Crippen LogP contribution < -0.4 is 25.0 Å². The largest absolute Gasteiger partial charge is 0.493 e. The highest BCUT2D eigenvalue weighted by molar-refractivity contribution is 14.1. The molecule has 4 rings (SSSR count). The number of nitrogens with zero attached hydrogens (tertiary/aromatic N) is 1. The van der Waals surface area contributed by atoms with Gasteiger partial charge in [-0.1, -0.05) is 29.8 Å². The highest BCUT2D eigenvalue weighted by Gasteiger charge is 2.37. The second-order valence-electron chi connectivity index (χ2n) is 8.96. The van der Waals surface area contributed by atoms with Crippen LogP contribution in [0.5, 0.6) is 11.5 Å². The van der Waals surface area contributed by atoms with Gasteiger partial charge < -0.3 is 14.8 Å². The van der Waals surface area contributed by atoms with E-state index in [1.54, 1.807) is 37.3 Å². The fourth-order valence-electron chi connectivity index (χ4n) is 4.05. The van der Waals surface area contributed by atoms with E-state index in [-0.39, 0.29) is 23.8 Å². The van der Waals surface area contributed by atoms with E-state index in [1.165, 1.54) is 13.2 Å². The number of carbonyl (C=O) groups is 4. The Labute approximate surface area is 249 Å². The maximum atomic E-state index is 13.3. The van der Waals surface area contributed by atoms with Crippen molar-refractivity contribution in [2.24, 2.45) is 0 Å². The average molecular weight is 674 g/mol. The number of benzene rings is 3. The predicted octanol–water partition coefficient (Wildman–Crippen LogP) is 5.56. The summed E-state index contributed by atoms with van der Waals surface area (Å²) < 4.78 is 11.8. The Bertz CT molecular complexity index is 1590. The molecule has 2 N–H and O–H groups in total. The van der Waals surface area contributed by atoms with Crippen molar-refractivity contribution in [1.29, 1.82) is 0 Å². The first-order chi connectivity index (χ1) is 19.0. The molecule has 1 fully saturated rings. The topological polar surface area (TPSA) is 114 Å². The Morgan fingerprint density at radius 1 is 1.07 bits per heavy atom. The fraction of sp³-hybridized carbons (Fsp3) is 0.172. The zero-order valence-electron chi connectivity index (χ0n) is 22.1. The molecule has 0 atom stereocenters. The third kappa shape index (κ3) is 5.97. The number of urea groups is 1. The Morgan fingerprint density at radius 3 is 2.52 bits per heavy atom. The van der Waals surface area contributed by atoms with Crippen LogP contribution in [0, 0.1) is 24.3 Å². The summed E-state index contributed by atoms with van der Waals surface area (Å²) in [5, 5.41) is 5.42. The van der Waals surface area contributed by atoms with Crippen LogP contribution in [0.2, 0.25) is 5.02 Å². The van der Waals surface area contributed by atoms with E-state index >= 15 is 0 Å². The first-order valence-electron chi connectivity index (χ1n) is 12.0. The first kappa shape index (κ1) is 29.1. The Kier molecular flexibility index (Phi) is 8.79. The number of aryl methyl sites for hydroxylation is 1. The molecule has 1 saturated heterocycles. The smallest absolute Gasteiger partial charge is 0.335 e. The van der Waals surface area contributed by atoms with Gasteiger partial charge in [0.05, 0.1) is 16.4 Å². The molecular formula is C29H25ClIN3O6. The van der Waals surface area contributed by atoms with Gasteiger partial charge in [0.15, 0.2) is 18.1 Å². The van der Waals surface area contributed by atoms with Gasteiger partial charge in [0.1, 0.15) is 5.57 Å². The third-order valence-electron chi connectivity index (χ3n) is 6.37. The molecule has 206 valence electrons. The molecule has 0 aromatic heterocycles. The van der Waals surface area contributed by atoms with Gasteiger partial charge in [-0.25, -0.2) is 9.69 Å². The minimum atomic E-state index is -0.868. The van der Waals surface area contributed by atoms with Crippen molar-refractivity contribution in [3.63, 3.8) is 0 Å². The standard InChI is InChI=1S/C29H25ClIN3O6/c1-15-7-5-9-22(16(15)2)32-25(35)14-40-26-21(31)12-18(13-24(26)39-4)11-19-27(36)33-29(38)34(28(19)37)23-10-6-8-20(30)17(23)3/h5-13H,14H2,1-4H3,(H,32,35)(H,33,36,38)/b19-11-. The number of anilines is 2. The number of ether oxygens (including phenoxy) is 2. The fourth-order valence-corrected chi connectivity index (χ4v) is 5.01. The lowest BCUT2D eigenvalue weighted by molar-refractivity contribution is -0.122. The SMILES string of the molecule is COc1cc(/C=C2/C(=O)NC(=O)N(c3cccc(Cl)c3C)C2=O)cc(I)c1OCC(=O)Nc1cccc(C)c1C. The highest BCUT2D eigenvalue weighted by Crippen LogP contribution is 2.35. The molecule has 40 heavy (non-hydrogen) atoms.